The van der Waals surface area contributed by atoms with Crippen molar-refractivity contribution >= 4 is 11.8 Å². The Balaban J connectivity index is 1.86. The largest absolute Gasteiger partial charge is 0.349 e. The van der Waals surface area contributed by atoms with E-state index >= 15 is 0 Å². The van der Waals surface area contributed by atoms with Gasteiger partial charge in [0.2, 0.25) is 5.91 Å². The molecule has 0 spiro atoms. The highest BCUT2D eigenvalue weighted by atomic mass is 16.2. The summed E-state index contributed by atoms with van der Waals surface area (Å²) < 4.78 is 0. The second kappa shape index (κ2) is 7.62. The predicted octanol–water partition coefficient (Wildman–Crippen LogP) is 3.07. The summed E-state index contributed by atoms with van der Waals surface area (Å²) in [5, 5.41) is 3.12. The van der Waals surface area contributed by atoms with E-state index in [0.717, 1.165) is 42.6 Å². The highest BCUT2D eigenvalue weighted by Crippen LogP contribution is 2.15. The lowest BCUT2D eigenvalue weighted by atomic mass is 10.0. The van der Waals surface area contributed by atoms with Crippen molar-refractivity contribution in [2.75, 3.05) is 13.1 Å². The lowest BCUT2D eigenvalue weighted by Crippen LogP contribution is -2.46. The molecular weight excluding hydrogens is 288 g/mol. The Morgan fingerprint density at radius 2 is 1.87 bits per heavy atom. The van der Waals surface area contributed by atoms with E-state index in [4.69, 9.17) is 0 Å². The molecule has 1 aliphatic rings. The molecule has 2 rings (SSSR count). The molecule has 1 heterocycles. The van der Waals surface area contributed by atoms with Crippen molar-refractivity contribution in [1.29, 1.82) is 0 Å². The van der Waals surface area contributed by atoms with Crippen LogP contribution in [0.1, 0.15) is 54.6 Å². The Morgan fingerprint density at radius 3 is 2.43 bits per heavy atom. The van der Waals surface area contributed by atoms with E-state index in [1.54, 1.807) is 0 Å². The third kappa shape index (κ3) is 4.81. The number of hydrogen-bond donors (Lipinski definition) is 1. The zero-order chi connectivity index (χ0) is 17.0. The predicted molar refractivity (Wildman–Crippen MR) is 92.4 cm³/mol. The molecule has 1 aliphatic heterocycles. The van der Waals surface area contributed by atoms with Crippen molar-refractivity contribution in [2.24, 2.45) is 5.92 Å². The molecule has 0 atom stereocenters. The molecule has 1 fully saturated rings. The van der Waals surface area contributed by atoms with Crippen molar-refractivity contribution < 1.29 is 9.59 Å². The molecule has 23 heavy (non-hydrogen) atoms. The number of nitrogens with one attached hydrogen (secondary N) is 1. The number of aryl methyl sites for hydroxylation is 2. The summed E-state index contributed by atoms with van der Waals surface area (Å²) in [6.45, 7) is 9.60. The van der Waals surface area contributed by atoms with Crippen molar-refractivity contribution in [3.8, 4) is 0 Å². The van der Waals surface area contributed by atoms with Crippen LogP contribution in [0.2, 0.25) is 0 Å². The first-order chi connectivity index (χ1) is 10.9. The average Bonchev–Trinajstić information content (AvgIpc) is 2.47. The summed E-state index contributed by atoms with van der Waals surface area (Å²) in [5.41, 5.74) is 2.91. The minimum absolute atomic E-state index is 0.00513. The average molecular weight is 316 g/mol. The van der Waals surface area contributed by atoms with Crippen LogP contribution in [0.5, 0.6) is 0 Å². The van der Waals surface area contributed by atoms with Gasteiger partial charge in [0.05, 0.1) is 0 Å². The van der Waals surface area contributed by atoms with Gasteiger partial charge in [0.25, 0.3) is 5.91 Å². The first kappa shape index (κ1) is 17.5. The molecule has 1 saturated heterocycles. The molecule has 1 N–H and O–H groups in total. The SMILES string of the molecule is Cc1ccc(C(=O)NC2CCN(C(=O)CC(C)C)CC2)c(C)c1. The van der Waals surface area contributed by atoms with Gasteiger partial charge in [-0.15, -0.1) is 0 Å². The van der Waals surface area contributed by atoms with Crippen molar-refractivity contribution in [1.82, 2.24) is 10.2 Å². The van der Waals surface area contributed by atoms with Crippen LogP contribution < -0.4 is 5.32 Å². The fourth-order valence-electron chi connectivity index (χ4n) is 3.08. The molecule has 126 valence electrons. The highest BCUT2D eigenvalue weighted by molar-refractivity contribution is 5.95. The molecule has 0 aliphatic carbocycles. The van der Waals surface area contributed by atoms with Crippen LogP contribution in [0.3, 0.4) is 0 Å². The summed E-state index contributed by atoms with van der Waals surface area (Å²) in [5.74, 6) is 0.623. The fourth-order valence-corrected chi connectivity index (χ4v) is 3.08. The van der Waals surface area contributed by atoms with Crippen molar-refractivity contribution in [3.05, 3.63) is 34.9 Å². The third-order valence-electron chi connectivity index (χ3n) is 4.39. The Kier molecular flexibility index (Phi) is 5.80. The first-order valence-corrected chi connectivity index (χ1v) is 8.52. The number of hydrogen-bond acceptors (Lipinski definition) is 2. The molecule has 0 radical (unpaired) electrons. The Morgan fingerprint density at radius 1 is 1.22 bits per heavy atom. The standard InChI is InChI=1S/C19H28N2O2/c1-13(2)11-18(22)21-9-7-16(8-10-21)20-19(23)17-6-5-14(3)12-15(17)4/h5-6,12-13,16H,7-11H2,1-4H3,(H,20,23). The van der Waals surface area contributed by atoms with E-state index < -0.39 is 0 Å². The van der Waals surface area contributed by atoms with Crippen LogP contribution in [-0.4, -0.2) is 35.8 Å². The zero-order valence-corrected chi connectivity index (χ0v) is 14.7. The lowest BCUT2D eigenvalue weighted by Gasteiger charge is -2.33. The van der Waals surface area contributed by atoms with Crippen LogP contribution in [0.25, 0.3) is 0 Å². The summed E-state index contributed by atoms with van der Waals surface area (Å²) in [7, 11) is 0. The smallest absolute Gasteiger partial charge is 0.251 e. The van der Waals surface area contributed by atoms with E-state index in [0.29, 0.717) is 12.3 Å². The minimum atomic E-state index is -0.00513. The molecule has 0 bridgehead atoms. The number of piperidine rings is 1. The number of amides is 2. The second-order valence-electron chi connectivity index (χ2n) is 7.04. The Bertz CT molecular complexity index is 573. The maximum absolute atomic E-state index is 12.4. The van der Waals surface area contributed by atoms with Crippen LogP contribution >= 0.6 is 0 Å². The molecule has 4 heteroatoms. The Hall–Kier alpha value is -1.84. The zero-order valence-electron chi connectivity index (χ0n) is 14.7. The lowest BCUT2D eigenvalue weighted by molar-refractivity contribution is -0.133. The van der Waals surface area contributed by atoms with Gasteiger partial charge in [-0.05, 0) is 44.2 Å². The van der Waals surface area contributed by atoms with Crippen LogP contribution in [0.15, 0.2) is 18.2 Å². The third-order valence-corrected chi connectivity index (χ3v) is 4.39. The van der Waals surface area contributed by atoms with Gasteiger partial charge in [-0.2, -0.15) is 0 Å². The van der Waals surface area contributed by atoms with Gasteiger partial charge in [-0.1, -0.05) is 31.5 Å². The first-order valence-electron chi connectivity index (χ1n) is 8.52. The monoisotopic (exact) mass is 316 g/mol. The topological polar surface area (TPSA) is 49.4 Å². The van der Waals surface area contributed by atoms with E-state index in [9.17, 15) is 9.59 Å². The van der Waals surface area contributed by atoms with Gasteiger partial charge in [-0.3, -0.25) is 9.59 Å². The van der Waals surface area contributed by atoms with Gasteiger partial charge in [0.15, 0.2) is 0 Å². The molecule has 1 aromatic rings. The minimum Gasteiger partial charge on any atom is -0.349 e. The maximum atomic E-state index is 12.4. The molecule has 4 nitrogen and oxygen atoms in total. The Labute approximate surface area is 139 Å². The number of nitrogens with zero attached hydrogens (tertiary/aromatic N) is 1. The number of rotatable bonds is 4. The van der Waals surface area contributed by atoms with Crippen LogP contribution in [0.4, 0.5) is 0 Å². The van der Waals surface area contributed by atoms with E-state index in [1.165, 1.54) is 0 Å². The van der Waals surface area contributed by atoms with E-state index in [-0.39, 0.29) is 17.9 Å². The molecule has 2 amide bonds. The summed E-state index contributed by atoms with van der Waals surface area (Å²) >= 11 is 0. The quantitative estimate of drug-likeness (QED) is 0.928. The molecule has 0 aromatic heterocycles. The van der Waals surface area contributed by atoms with Crippen LogP contribution in [0, 0.1) is 19.8 Å². The van der Waals surface area contributed by atoms with Gasteiger partial charge in [0.1, 0.15) is 0 Å². The summed E-state index contributed by atoms with van der Waals surface area (Å²) in [6, 6.07) is 6.05. The van der Waals surface area contributed by atoms with E-state index in [1.807, 2.05) is 36.9 Å². The number of carbonyl (C=O) groups is 2. The molecule has 0 saturated carbocycles. The summed E-state index contributed by atoms with van der Waals surface area (Å²) in [6.07, 6.45) is 2.28. The number of carbonyl (C=O) groups excluding carboxylic acids is 2. The maximum Gasteiger partial charge on any atom is 0.251 e. The van der Waals surface area contributed by atoms with Crippen molar-refractivity contribution in [3.63, 3.8) is 0 Å². The normalized spacial score (nSPS) is 15.8. The highest BCUT2D eigenvalue weighted by Gasteiger charge is 2.24. The molecule has 0 unspecified atom stereocenters. The van der Waals surface area contributed by atoms with Gasteiger partial charge in [-0.25, -0.2) is 0 Å². The van der Waals surface area contributed by atoms with Crippen LogP contribution in [-0.2, 0) is 4.79 Å². The van der Waals surface area contributed by atoms with Crippen molar-refractivity contribution in [2.45, 2.75) is 53.0 Å². The molecular formula is C19H28N2O2. The van der Waals surface area contributed by atoms with Gasteiger partial charge < -0.3 is 10.2 Å². The van der Waals surface area contributed by atoms with Gasteiger partial charge in [0, 0.05) is 31.1 Å². The number of benzene rings is 1. The molecule has 1 aromatic carbocycles. The van der Waals surface area contributed by atoms with E-state index in [2.05, 4.69) is 19.2 Å². The summed E-state index contributed by atoms with van der Waals surface area (Å²) in [4.78, 5) is 26.4. The number of likely N-dealkylation sites (tertiary alicyclic amines) is 1. The van der Waals surface area contributed by atoms with Gasteiger partial charge >= 0.3 is 0 Å². The fraction of sp³-hybridized carbons (Fsp3) is 0.579. The second-order valence-corrected chi connectivity index (χ2v) is 7.04.